The van der Waals surface area contributed by atoms with Gasteiger partial charge in [0, 0.05) is 24.8 Å². The van der Waals surface area contributed by atoms with E-state index in [0.29, 0.717) is 0 Å². The molecule has 0 aliphatic rings. The van der Waals surface area contributed by atoms with Crippen molar-refractivity contribution >= 4 is 24.1 Å². The van der Waals surface area contributed by atoms with Crippen molar-refractivity contribution in [3.05, 3.63) is 0 Å². The first-order valence-electron chi connectivity index (χ1n) is 3.76. The molecule has 0 radical (unpaired) electrons. The van der Waals surface area contributed by atoms with Crippen LogP contribution in [0.3, 0.4) is 0 Å². The summed E-state index contributed by atoms with van der Waals surface area (Å²) in [5.41, 5.74) is -2.97. The fourth-order valence-electron chi connectivity index (χ4n) is 0.684. The van der Waals surface area contributed by atoms with Crippen molar-refractivity contribution in [3.63, 3.8) is 0 Å². The number of carboxylic acids is 3. The van der Waals surface area contributed by atoms with Gasteiger partial charge < -0.3 is 56.0 Å². The monoisotopic (exact) mass is 356 g/mol. The summed E-state index contributed by atoms with van der Waals surface area (Å²) in [7, 11) is 0. The fourth-order valence-corrected chi connectivity index (χ4v) is 0.684. The second-order valence-corrected chi connectivity index (χ2v) is 2.70. The molecule has 0 heterocycles. The van der Waals surface area contributed by atoms with Crippen molar-refractivity contribution in [2.24, 2.45) is 0 Å². The number of hydrogen-bond acceptors (Lipinski definition) is 8. The van der Waals surface area contributed by atoms with E-state index < -0.39 is 42.5 Å². The zero-order chi connectivity index (χ0) is 14.2. The van der Waals surface area contributed by atoms with Gasteiger partial charge in [-0.25, -0.2) is 4.79 Å². The molecule has 7 N–H and O–H groups in total. The predicted octanol–water partition coefficient (Wildman–Crippen LogP) is -15.7. The average molecular weight is 356 g/mol. The molecule has 0 aromatic heterocycles. The van der Waals surface area contributed by atoms with Crippen molar-refractivity contribution in [2.45, 2.75) is 18.4 Å². The van der Waals surface area contributed by atoms with E-state index in [0.717, 1.165) is 0 Å². The van der Waals surface area contributed by atoms with E-state index in [1.54, 1.807) is 0 Å². The molecule has 15 heteroatoms. The van der Waals surface area contributed by atoms with Crippen molar-refractivity contribution in [3.8, 4) is 0 Å². The van der Waals surface area contributed by atoms with Gasteiger partial charge in [0.1, 0.15) is 5.60 Å². The normalized spacial score (nSPS) is 7.50. The number of carbonyl (C=O) groups is 4. The van der Waals surface area contributed by atoms with Crippen molar-refractivity contribution in [1.82, 2.24) is 0 Å². The van der Waals surface area contributed by atoms with Crippen LogP contribution in [0.4, 0.5) is 4.79 Å². The van der Waals surface area contributed by atoms with Gasteiger partial charge in [0.15, 0.2) is 0 Å². The molecule has 0 unspecified atom stereocenters. The Kier molecular flexibility index (Phi) is 42.4. The van der Waals surface area contributed by atoms with Crippen LogP contribution in [-0.4, -0.2) is 55.9 Å². The molecule has 12 nitrogen and oxygen atoms in total. The van der Waals surface area contributed by atoms with E-state index in [9.17, 15) is 29.7 Å². The van der Waals surface area contributed by atoms with Crippen LogP contribution in [0.15, 0.2) is 0 Å². The van der Waals surface area contributed by atoms with Gasteiger partial charge in [-0.2, -0.15) is 0 Å². The Balaban J connectivity index is -0.0000000450. The first-order chi connectivity index (χ1) is 7.51. The summed E-state index contributed by atoms with van der Waals surface area (Å²) in [6, 6.07) is 0. The molecule has 0 aliphatic carbocycles. The van der Waals surface area contributed by atoms with Crippen molar-refractivity contribution in [1.29, 1.82) is 0 Å². The van der Waals surface area contributed by atoms with Crippen LogP contribution in [0.25, 0.3) is 0 Å². The number of aliphatic carboxylic acids is 3. The standard InChI is InChI=1S/C6H8O7.CH2O3.3Na.2H2O/c7-3(8)1-6(13,5(11)12)2-4(9)10;2-1(3)4;;;;;/h13H,1-2H2,(H,7,8)(H,9,10)(H,11,12);(H2,2,3,4);;;;2*1H2/q;;3*+1;;/p-3. The van der Waals surface area contributed by atoms with E-state index in [1.807, 2.05) is 0 Å². The quantitative estimate of drug-likeness (QED) is 0.391. The van der Waals surface area contributed by atoms with E-state index >= 15 is 0 Å². The van der Waals surface area contributed by atoms with Gasteiger partial charge in [0.25, 0.3) is 0 Å². The van der Waals surface area contributed by atoms with Gasteiger partial charge in [-0.3, -0.25) is 0 Å². The van der Waals surface area contributed by atoms with Crippen molar-refractivity contribution in [2.75, 3.05) is 0 Å². The second-order valence-electron chi connectivity index (χ2n) is 2.70. The Hall–Kier alpha value is 0.560. The number of carboxylic acid groups (broad SMARTS) is 5. The van der Waals surface area contributed by atoms with E-state index in [2.05, 4.69) is 0 Å². The molecule has 0 atom stereocenters. The Morgan fingerprint density at radius 3 is 1.05 bits per heavy atom. The second kappa shape index (κ2) is 21.6. The summed E-state index contributed by atoms with van der Waals surface area (Å²) in [5.74, 6) is -5.98. The summed E-state index contributed by atoms with van der Waals surface area (Å²) in [6.45, 7) is 0. The Bertz CT molecular complexity index is 313. The molecule has 0 aliphatic heterocycles. The third-order valence-corrected chi connectivity index (χ3v) is 1.25. The van der Waals surface area contributed by atoms with E-state index in [-0.39, 0.29) is 99.6 Å². The molecule has 0 amide bonds. The van der Waals surface area contributed by atoms with Crippen LogP contribution < -0.4 is 104 Å². The van der Waals surface area contributed by atoms with Gasteiger partial charge in [0.2, 0.25) is 0 Å². The zero-order valence-corrected chi connectivity index (χ0v) is 18.1. The third kappa shape index (κ3) is 28.7. The van der Waals surface area contributed by atoms with Crippen LogP contribution in [0.2, 0.25) is 0 Å². The number of hydrogen-bond donors (Lipinski definition) is 3. The fraction of sp³-hybridized carbons (Fsp3) is 0.429. The minimum atomic E-state index is -2.97. The maximum Gasteiger partial charge on any atom is 1.00 e. The summed E-state index contributed by atoms with van der Waals surface area (Å²) >= 11 is 0. The van der Waals surface area contributed by atoms with Gasteiger partial charge in [-0.1, -0.05) is 0 Å². The molecule has 0 rings (SSSR count). The zero-order valence-electron chi connectivity index (χ0n) is 12.1. The number of rotatable bonds is 5. The molecule has 0 saturated carbocycles. The van der Waals surface area contributed by atoms with Gasteiger partial charge in [-0.05, 0) is 0 Å². The van der Waals surface area contributed by atoms with Crippen LogP contribution in [-0.2, 0) is 14.4 Å². The summed E-state index contributed by atoms with van der Waals surface area (Å²) in [5, 5.41) is 52.9. The van der Waals surface area contributed by atoms with E-state index in [1.165, 1.54) is 0 Å². The third-order valence-electron chi connectivity index (χ3n) is 1.25. The van der Waals surface area contributed by atoms with Crippen LogP contribution in [0, 0.1) is 0 Å². The molecular formula is C7H11Na3O12. The Morgan fingerprint density at radius 2 is 0.955 bits per heavy atom. The minimum Gasteiger partial charge on any atom is -0.550 e. The summed E-state index contributed by atoms with van der Waals surface area (Å²) < 4.78 is 0. The van der Waals surface area contributed by atoms with Crippen LogP contribution in [0.5, 0.6) is 0 Å². The SMILES string of the molecule is O.O.O=C(O)O.O=C([O-])CC(O)(CC(=O)[O-])C(=O)[O-].[Na+].[Na+].[Na+]. The van der Waals surface area contributed by atoms with E-state index in [4.69, 9.17) is 20.1 Å². The predicted molar refractivity (Wildman–Crippen MR) is 47.1 cm³/mol. The van der Waals surface area contributed by atoms with Crippen LogP contribution in [0.1, 0.15) is 12.8 Å². The largest absolute Gasteiger partial charge is 1.00 e. The molecule has 114 valence electrons. The maximum absolute atomic E-state index is 10.1. The molecule has 0 spiro atoms. The molecule has 0 aromatic rings. The molecule has 0 bridgehead atoms. The number of carbonyl (C=O) groups excluding carboxylic acids is 3. The van der Waals surface area contributed by atoms with Gasteiger partial charge in [-0.15, -0.1) is 0 Å². The van der Waals surface area contributed by atoms with Gasteiger partial charge >= 0.3 is 94.8 Å². The Labute approximate surface area is 190 Å². The maximum atomic E-state index is 10.1. The minimum absolute atomic E-state index is 0. The Morgan fingerprint density at radius 1 is 0.773 bits per heavy atom. The molecular weight excluding hydrogens is 345 g/mol. The van der Waals surface area contributed by atoms with Crippen LogP contribution >= 0.6 is 0 Å². The number of aliphatic hydroxyl groups is 1. The van der Waals surface area contributed by atoms with Gasteiger partial charge in [0.05, 0.1) is 5.97 Å². The first-order valence-corrected chi connectivity index (χ1v) is 3.76. The topological polar surface area (TPSA) is 261 Å². The summed E-state index contributed by atoms with van der Waals surface area (Å²) in [4.78, 5) is 38.6. The molecule has 0 fully saturated rings. The molecule has 22 heavy (non-hydrogen) atoms. The average Bonchev–Trinajstić information content (AvgIpc) is 1.98. The molecule has 0 saturated heterocycles. The smallest absolute Gasteiger partial charge is 0.550 e. The molecule has 0 aromatic carbocycles. The summed E-state index contributed by atoms with van der Waals surface area (Å²) in [6.07, 6.45) is -4.55. The van der Waals surface area contributed by atoms with Crippen molar-refractivity contribution < 1.29 is 149 Å². The first kappa shape index (κ1) is 43.3.